The molecule has 1 amide bonds. The largest absolute Gasteiger partial charge is 0.480 e. The zero-order chi connectivity index (χ0) is 14.0. The van der Waals surface area contributed by atoms with Crippen molar-refractivity contribution < 1.29 is 19.8 Å². The number of nitrogens with zero attached hydrogens (tertiary/aromatic N) is 4. The molecule has 9 nitrogen and oxygen atoms in total. The molecule has 0 saturated carbocycles. The minimum Gasteiger partial charge on any atom is -0.480 e. The van der Waals surface area contributed by atoms with Crippen LogP contribution in [-0.2, 0) is 4.79 Å². The predicted octanol–water partition coefficient (Wildman–Crippen LogP) is -1.39. The van der Waals surface area contributed by atoms with Gasteiger partial charge in [0, 0.05) is 6.20 Å². The van der Waals surface area contributed by atoms with E-state index >= 15 is 0 Å². The number of carboxylic acid groups (broad SMARTS) is 1. The lowest BCUT2D eigenvalue weighted by atomic mass is 10.2. The van der Waals surface area contributed by atoms with Crippen LogP contribution in [-0.4, -0.2) is 54.3 Å². The third-order valence-corrected chi connectivity index (χ3v) is 2.58. The average Bonchev–Trinajstić information content (AvgIpc) is 2.84. The number of carboxylic acids is 1. The number of aliphatic hydroxyl groups is 1. The van der Waals surface area contributed by atoms with Gasteiger partial charge in [-0.3, -0.25) is 4.79 Å². The lowest BCUT2D eigenvalue weighted by Gasteiger charge is -2.12. The van der Waals surface area contributed by atoms with Gasteiger partial charge in [-0.25, -0.2) is 14.3 Å². The highest BCUT2D eigenvalue weighted by Gasteiger charge is 2.21. The van der Waals surface area contributed by atoms with Crippen LogP contribution in [0.25, 0.3) is 5.78 Å². The molecule has 0 bridgehead atoms. The first-order valence-corrected chi connectivity index (χ1v) is 5.34. The molecule has 0 aliphatic carbocycles. The number of hydrogen-bond acceptors (Lipinski definition) is 6. The summed E-state index contributed by atoms with van der Waals surface area (Å²) in [6, 6.07) is -1.36. The molecule has 0 aromatic carbocycles. The van der Waals surface area contributed by atoms with E-state index in [0.717, 1.165) is 0 Å². The van der Waals surface area contributed by atoms with E-state index < -0.39 is 24.5 Å². The Morgan fingerprint density at radius 3 is 2.84 bits per heavy atom. The Kier molecular flexibility index (Phi) is 3.38. The van der Waals surface area contributed by atoms with Gasteiger partial charge in [0.2, 0.25) is 0 Å². The summed E-state index contributed by atoms with van der Waals surface area (Å²) in [5.41, 5.74) is 0.639. The molecule has 2 aromatic rings. The Labute approximate surface area is 106 Å². The Hall–Kier alpha value is -2.55. The van der Waals surface area contributed by atoms with Gasteiger partial charge in [-0.1, -0.05) is 0 Å². The van der Waals surface area contributed by atoms with Gasteiger partial charge in [0.25, 0.3) is 11.7 Å². The van der Waals surface area contributed by atoms with Gasteiger partial charge >= 0.3 is 5.97 Å². The fourth-order valence-corrected chi connectivity index (χ4v) is 1.53. The Balaban J connectivity index is 2.31. The van der Waals surface area contributed by atoms with Crippen LogP contribution < -0.4 is 5.32 Å². The molecule has 9 heteroatoms. The fraction of sp³-hybridized carbons (Fsp3) is 0.300. The number of aromatic nitrogens is 4. The monoisotopic (exact) mass is 265 g/mol. The van der Waals surface area contributed by atoms with Crippen molar-refractivity contribution in [2.75, 3.05) is 6.61 Å². The molecule has 0 radical (unpaired) electrons. The molecule has 2 heterocycles. The van der Waals surface area contributed by atoms with E-state index in [1.54, 1.807) is 6.92 Å². The maximum Gasteiger partial charge on any atom is 0.328 e. The second kappa shape index (κ2) is 4.98. The van der Waals surface area contributed by atoms with Crippen molar-refractivity contribution in [2.45, 2.75) is 13.0 Å². The summed E-state index contributed by atoms with van der Waals surface area (Å²) in [6.45, 7) is 0.937. The Morgan fingerprint density at radius 1 is 1.47 bits per heavy atom. The minimum absolute atomic E-state index is 0.165. The van der Waals surface area contributed by atoms with E-state index in [1.165, 1.54) is 17.0 Å². The standard InChI is InChI=1S/C10H11N5O4/c1-5-6(2-11-10-12-4-13-15(5)10)8(17)14-7(3-16)9(18)19/h2,4,7,16H,3H2,1H3,(H,14,17)(H,18,19)/t7-/m0/s1. The molecule has 0 unspecified atom stereocenters. The topological polar surface area (TPSA) is 130 Å². The number of carbonyl (C=O) groups excluding carboxylic acids is 1. The summed E-state index contributed by atoms with van der Waals surface area (Å²) < 4.78 is 1.36. The van der Waals surface area contributed by atoms with Crippen LogP contribution in [0.4, 0.5) is 0 Å². The normalized spacial score (nSPS) is 12.3. The van der Waals surface area contributed by atoms with E-state index in [4.69, 9.17) is 10.2 Å². The van der Waals surface area contributed by atoms with Crippen LogP contribution in [0.15, 0.2) is 12.5 Å². The van der Waals surface area contributed by atoms with Crippen molar-refractivity contribution in [3.63, 3.8) is 0 Å². The molecule has 0 aliphatic rings. The van der Waals surface area contributed by atoms with E-state index in [1.807, 2.05) is 0 Å². The highest BCUT2D eigenvalue weighted by Crippen LogP contribution is 2.07. The van der Waals surface area contributed by atoms with Crippen molar-refractivity contribution in [2.24, 2.45) is 0 Å². The van der Waals surface area contributed by atoms with Gasteiger partial charge in [0.05, 0.1) is 17.9 Å². The number of nitrogens with one attached hydrogen (secondary N) is 1. The summed E-state index contributed by atoms with van der Waals surface area (Å²) in [4.78, 5) is 30.4. The van der Waals surface area contributed by atoms with Crippen LogP contribution in [0, 0.1) is 6.92 Å². The zero-order valence-electron chi connectivity index (χ0n) is 9.94. The number of hydrogen-bond donors (Lipinski definition) is 3. The second-order valence-electron chi connectivity index (χ2n) is 3.78. The Morgan fingerprint density at radius 2 is 2.21 bits per heavy atom. The first-order valence-electron chi connectivity index (χ1n) is 5.34. The molecule has 19 heavy (non-hydrogen) atoms. The third kappa shape index (κ3) is 2.36. The van der Waals surface area contributed by atoms with Crippen LogP contribution in [0.3, 0.4) is 0 Å². The molecular weight excluding hydrogens is 254 g/mol. The zero-order valence-corrected chi connectivity index (χ0v) is 9.94. The number of fused-ring (bicyclic) bond motifs is 1. The molecule has 1 atom stereocenters. The predicted molar refractivity (Wildman–Crippen MR) is 61.5 cm³/mol. The van der Waals surface area contributed by atoms with Gasteiger partial charge in [0.1, 0.15) is 6.33 Å². The van der Waals surface area contributed by atoms with Crippen molar-refractivity contribution in [3.05, 3.63) is 23.8 Å². The van der Waals surface area contributed by atoms with E-state index in [2.05, 4.69) is 20.4 Å². The SMILES string of the molecule is Cc1c(C(=O)N[C@@H](CO)C(=O)O)cnc2ncnn12. The molecular formula is C10H11N5O4. The van der Waals surface area contributed by atoms with Crippen molar-refractivity contribution in [3.8, 4) is 0 Å². The molecule has 0 spiro atoms. The number of amides is 1. The van der Waals surface area contributed by atoms with E-state index in [0.29, 0.717) is 11.5 Å². The molecule has 100 valence electrons. The average molecular weight is 265 g/mol. The lowest BCUT2D eigenvalue weighted by Crippen LogP contribution is -2.43. The molecule has 0 fully saturated rings. The highest BCUT2D eigenvalue weighted by molar-refractivity contribution is 5.97. The van der Waals surface area contributed by atoms with E-state index in [-0.39, 0.29) is 5.56 Å². The Bertz CT molecular complexity index is 638. The van der Waals surface area contributed by atoms with Gasteiger partial charge < -0.3 is 15.5 Å². The summed E-state index contributed by atoms with van der Waals surface area (Å²) in [7, 11) is 0. The van der Waals surface area contributed by atoms with Crippen molar-refractivity contribution in [1.29, 1.82) is 0 Å². The van der Waals surface area contributed by atoms with Gasteiger partial charge in [-0.05, 0) is 6.92 Å². The maximum absolute atomic E-state index is 11.9. The quantitative estimate of drug-likeness (QED) is 0.620. The maximum atomic E-state index is 11.9. The smallest absolute Gasteiger partial charge is 0.328 e. The van der Waals surface area contributed by atoms with Crippen LogP contribution >= 0.6 is 0 Å². The first kappa shape index (κ1) is 12.9. The fourth-order valence-electron chi connectivity index (χ4n) is 1.53. The number of aliphatic carboxylic acids is 1. The summed E-state index contributed by atoms with van der Waals surface area (Å²) in [6.07, 6.45) is 2.58. The number of aryl methyl sites for hydroxylation is 1. The van der Waals surface area contributed by atoms with Gasteiger partial charge in [-0.15, -0.1) is 0 Å². The second-order valence-corrected chi connectivity index (χ2v) is 3.78. The molecule has 2 rings (SSSR count). The number of rotatable bonds is 4. The van der Waals surface area contributed by atoms with Gasteiger partial charge in [-0.2, -0.15) is 10.1 Å². The minimum atomic E-state index is -1.36. The third-order valence-electron chi connectivity index (χ3n) is 2.58. The molecule has 2 aromatic heterocycles. The van der Waals surface area contributed by atoms with Crippen molar-refractivity contribution in [1.82, 2.24) is 24.9 Å². The number of aliphatic hydroxyl groups excluding tert-OH is 1. The van der Waals surface area contributed by atoms with Gasteiger partial charge in [0.15, 0.2) is 6.04 Å². The van der Waals surface area contributed by atoms with Crippen LogP contribution in [0.1, 0.15) is 16.1 Å². The molecule has 0 aliphatic heterocycles. The van der Waals surface area contributed by atoms with Crippen LogP contribution in [0.5, 0.6) is 0 Å². The number of carbonyl (C=O) groups is 2. The summed E-state index contributed by atoms with van der Waals surface area (Å²) in [5, 5.41) is 23.7. The summed E-state index contributed by atoms with van der Waals surface area (Å²) in [5.74, 6) is -1.63. The highest BCUT2D eigenvalue weighted by atomic mass is 16.4. The van der Waals surface area contributed by atoms with E-state index in [9.17, 15) is 9.59 Å². The van der Waals surface area contributed by atoms with Crippen LogP contribution in [0.2, 0.25) is 0 Å². The van der Waals surface area contributed by atoms with Crippen molar-refractivity contribution >= 4 is 17.7 Å². The molecule has 0 saturated heterocycles. The summed E-state index contributed by atoms with van der Waals surface area (Å²) >= 11 is 0. The molecule has 3 N–H and O–H groups in total. The first-order chi connectivity index (χ1) is 9.04. The lowest BCUT2D eigenvalue weighted by molar-refractivity contribution is -0.140.